The molecule has 2 heterocycles. The van der Waals surface area contributed by atoms with Crippen LogP contribution in [0.1, 0.15) is 16.1 Å². The zero-order chi connectivity index (χ0) is 24.4. The van der Waals surface area contributed by atoms with Crippen molar-refractivity contribution < 1.29 is 45.0 Å². The van der Waals surface area contributed by atoms with Crippen LogP contribution in [0.2, 0.25) is 5.02 Å². The Morgan fingerprint density at radius 1 is 1.00 bits per heavy atom. The zero-order valence-corrected chi connectivity index (χ0v) is 16.4. The number of benzene rings is 1. The van der Waals surface area contributed by atoms with Crippen LogP contribution in [-0.2, 0) is 6.18 Å². The summed E-state index contributed by atoms with van der Waals surface area (Å²) in [6.45, 7) is 0. The Balaban J connectivity index is 2.00. The molecule has 0 saturated carbocycles. The number of carbonyl (C=O) groups is 1. The van der Waals surface area contributed by atoms with Crippen LogP contribution in [0.4, 0.5) is 36.4 Å². The summed E-state index contributed by atoms with van der Waals surface area (Å²) in [6, 6.07) is 3.13. The van der Waals surface area contributed by atoms with Crippen LogP contribution in [0.15, 0.2) is 42.9 Å². The number of carbonyl (C=O) groups excluding carboxylic acids is 1. The van der Waals surface area contributed by atoms with Gasteiger partial charge in [0.25, 0.3) is 5.91 Å². The molecule has 0 bridgehead atoms. The van der Waals surface area contributed by atoms with Crippen LogP contribution in [0, 0.1) is 5.82 Å². The fraction of sp³-hybridized carbons (Fsp3) is 0.111. The van der Waals surface area contributed by atoms with Gasteiger partial charge in [-0.2, -0.15) is 23.4 Å². The monoisotopic (exact) mass is 496 g/mol. The second-order valence-corrected chi connectivity index (χ2v) is 6.36. The Morgan fingerprint density at radius 3 is 2.30 bits per heavy atom. The van der Waals surface area contributed by atoms with Crippen molar-refractivity contribution in [2.75, 3.05) is 5.32 Å². The van der Waals surface area contributed by atoms with Crippen molar-refractivity contribution in [1.82, 2.24) is 15.2 Å². The molecule has 0 unspecified atom stereocenters. The highest BCUT2D eigenvalue weighted by molar-refractivity contribution is 6.35. The van der Waals surface area contributed by atoms with E-state index in [1.807, 2.05) is 0 Å². The standard InChI is InChI=1S/C18H8ClF7N4O3/c19-14-13(16(31)30-8-3-4-28-29-6-8)12(7-27-15(14)17(21,22)23)32-9-1-2-11(10(20)5-9)33-18(24,25)26/h1-7H,(H,28,30,31). The van der Waals surface area contributed by atoms with Crippen molar-refractivity contribution in [1.29, 1.82) is 0 Å². The average molecular weight is 497 g/mol. The molecule has 0 spiro atoms. The average Bonchev–Trinajstić information content (AvgIpc) is 2.69. The number of rotatable bonds is 5. The van der Waals surface area contributed by atoms with Crippen LogP contribution in [0.25, 0.3) is 0 Å². The summed E-state index contributed by atoms with van der Waals surface area (Å²) in [4.78, 5) is 15.8. The highest BCUT2D eigenvalue weighted by atomic mass is 35.5. The van der Waals surface area contributed by atoms with Crippen molar-refractivity contribution in [3.05, 3.63) is 65.0 Å². The largest absolute Gasteiger partial charge is 0.573 e. The van der Waals surface area contributed by atoms with Gasteiger partial charge in [0.1, 0.15) is 11.3 Å². The normalized spacial score (nSPS) is 11.8. The summed E-state index contributed by atoms with van der Waals surface area (Å²) in [5.74, 6) is -4.98. The molecule has 174 valence electrons. The molecule has 0 radical (unpaired) electrons. The smallest absolute Gasteiger partial charge is 0.455 e. The Kier molecular flexibility index (Phi) is 6.58. The molecular weight excluding hydrogens is 489 g/mol. The number of hydrogen-bond donors (Lipinski definition) is 1. The molecule has 0 aliphatic carbocycles. The van der Waals surface area contributed by atoms with Gasteiger partial charge in [0.05, 0.1) is 29.3 Å². The molecule has 1 N–H and O–H groups in total. The Bertz CT molecular complexity index is 1170. The number of nitrogens with zero attached hydrogens (tertiary/aromatic N) is 3. The van der Waals surface area contributed by atoms with E-state index < -0.39 is 57.8 Å². The number of alkyl halides is 6. The van der Waals surface area contributed by atoms with Crippen molar-refractivity contribution >= 4 is 23.2 Å². The number of pyridine rings is 1. The van der Waals surface area contributed by atoms with Gasteiger partial charge in [-0.15, -0.1) is 13.2 Å². The van der Waals surface area contributed by atoms with E-state index in [2.05, 4.69) is 25.2 Å². The third kappa shape index (κ3) is 5.97. The minimum atomic E-state index is -5.17. The second-order valence-electron chi connectivity index (χ2n) is 5.99. The summed E-state index contributed by atoms with van der Waals surface area (Å²) >= 11 is 5.78. The van der Waals surface area contributed by atoms with Gasteiger partial charge in [0.2, 0.25) is 0 Å². The molecule has 33 heavy (non-hydrogen) atoms. The third-order valence-electron chi connectivity index (χ3n) is 3.68. The molecule has 0 saturated heterocycles. The van der Waals surface area contributed by atoms with Crippen LogP contribution >= 0.6 is 11.6 Å². The summed E-state index contributed by atoms with van der Waals surface area (Å²) in [5, 5.41) is 8.06. The van der Waals surface area contributed by atoms with Gasteiger partial charge in [-0.1, -0.05) is 11.6 Å². The molecule has 0 atom stereocenters. The number of ether oxygens (including phenoxy) is 2. The topological polar surface area (TPSA) is 86.2 Å². The maximum absolute atomic E-state index is 13.9. The number of nitrogens with one attached hydrogen (secondary N) is 1. The predicted molar refractivity (Wildman–Crippen MR) is 97.4 cm³/mol. The van der Waals surface area contributed by atoms with E-state index in [1.165, 1.54) is 12.3 Å². The zero-order valence-electron chi connectivity index (χ0n) is 15.6. The lowest BCUT2D eigenvalue weighted by Gasteiger charge is -2.16. The van der Waals surface area contributed by atoms with Gasteiger partial charge in [-0.25, -0.2) is 9.37 Å². The fourth-order valence-electron chi connectivity index (χ4n) is 2.40. The van der Waals surface area contributed by atoms with E-state index in [0.29, 0.717) is 18.3 Å². The van der Waals surface area contributed by atoms with Crippen molar-refractivity contribution in [2.45, 2.75) is 12.5 Å². The third-order valence-corrected chi connectivity index (χ3v) is 4.05. The Labute approximate surface area is 184 Å². The molecule has 7 nitrogen and oxygen atoms in total. The molecule has 3 aromatic rings. The molecule has 0 aliphatic heterocycles. The van der Waals surface area contributed by atoms with E-state index in [9.17, 15) is 35.5 Å². The summed E-state index contributed by atoms with van der Waals surface area (Å²) in [5.41, 5.74) is -2.39. The number of amides is 1. The van der Waals surface area contributed by atoms with E-state index in [0.717, 1.165) is 12.3 Å². The van der Waals surface area contributed by atoms with Crippen molar-refractivity contribution in [2.24, 2.45) is 0 Å². The molecule has 1 amide bonds. The van der Waals surface area contributed by atoms with Crippen LogP contribution in [-0.4, -0.2) is 27.5 Å². The minimum absolute atomic E-state index is 0.0436. The van der Waals surface area contributed by atoms with Gasteiger partial charge in [-0.3, -0.25) is 4.79 Å². The SMILES string of the molecule is O=C(Nc1ccnnc1)c1c(Oc2ccc(OC(F)(F)F)c(F)c2)cnc(C(F)(F)F)c1Cl. The number of hydrogen-bond acceptors (Lipinski definition) is 6. The van der Waals surface area contributed by atoms with Gasteiger partial charge in [0.15, 0.2) is 23.0 Å². The predicted octanol–water partition coefficient (Wildman–Crippen LogP) is 5.63. The molecule has 2 aromatic heterocycles. The van der Waals surface area contributed by atoms with E-state index >= 15 is 0 Å². The van der Waals surface area contributed by atoms with Crippen LogP contribution < -0.4 is 14.8 Å². The lowest BCUT2D eigenvalue weighted by Crippen LogP contribution is -2.18. The maximum atomic E-state index is 13.9. The van der Waals surface area contributed by atoms with E-state index in [1.54, 1.807) is 0 Å². The molecule has 0 aliphatic rings. The van der Waals surface area contributed by atoms with E-state index in [-0.39, 0.29) is 5.69 Å². The van der Waals surface area contributed by atoms with E-state index in [4.69, 9.17) is 16.3 Å². The highest BCUT2D eigenvalue weighted by Gasteiger charge is 2.38. The highest BCUT2D eigenvalue weighted by Crippen LogP contribution is 2.40. The second kappa shape index (κ2) is 9.05. The molecule has 15 heteroatoms. The van der Waals surface area contributed by atoms with Gasteiger partial charge in [0, 0.05) is 6.07 Å². The minimum Gasteiger partial charge on any atom is -0.455 e. The van der Waals surface area contributed by atoms with Gasteiger partial charge >= 0.3 is 12.5 Å². The quantitative estimate of drug-likeness (QED) is 0.461. The molecule has 1 aromatic carbocycles. The van der Waals surface area contributed by atoms with Crippen molar-refractivity contribution in [3.8, 4) is 17.2 Å². The molecule has 0 fully saturated rings. The van der Waals surface area contributed by atoms with Crippen LogP contribution in [0.5, 0.6) is 17.2 Å². The first-order chi connectivity index (χ1) is 15.3. The first kappa shape index (κ1) is 24.0. The first-order valence-corrected chi connectivity index (χ1v) is 8.80. The molecular formula is C18H8ClF7N4O3. The Hall–Kier alpha value is -3.68. The number of aromatic nitrogens is 3. The fourth-order valence-corrected chi connectivity index (χ4v) is 2.73. The van der Waals surface area contributed by atoms with Crippen LogP contribution in [0.3, 0.4) is 0 Å². The maximum Gasteiger partial charge on any atom is 0.573 e. The summed E-state index contributed by atoms with van der Waals surface area (Å²) < 4.78 is 99.1. The van der Waals surface area contributed by atoms with Gasteiger partial charge < -0.3 is 14.8 Å². The van der Waals surface area contributed by atoms with Crippen molar-refractivity contribution in [3.63, 3.8) is 0 Å². The molecule has 3 rings (SSSR count). The number of anilines is 1. The summed E-state index contributed by atoms with van der Waals surface area (Å²) in [6.07, 6.45) is -7.41. The summed E-state index contributed by atoms with van der Waals surface area (Å²) in [7, 11) is 0. The van der Waals surface area contributed by atoms with Gasteiger partial charge in [-0.05, 0) is 18.2 Å². The first-order valence-electron chi connectivity index (χ1n) is 8.42. The lowest BCUT2D eigenvalue weighted by molar-refractivity contribution is -0.275. The Morgan fingerprint density at radius 2 is 1.73 bits per heavy atom. The number of halogens is 8. The lowest BCUT2D eigenvalue weighted by atomic mass is 10.1.